The van der Waals surface area contributed by atoms with Crippen LogP contribution in [0.2, 0.25) is 0 Å². The van der Waals surface area contributed by atoms with E-state index < -0.39 is 0 Å². The fourth-order valence-corrected chi connectivity index (χ4v) is 1.28. The number of aromatic amines is 1. The summed E-state index contributed by atoms with van der Waals surface area (Å²) in [6, 6.07) is 1.46. The minimum Gasteiger partial charge on any atom is -0.496 e. The molecule has 0 saturated carbocycles. The number of pyridine rings is 1. The summed E-state index contributed by atoms with van der Waals surface area (Å²) < 4.78 is 5.13. The first-order chi connectivity index (χ1) is 6.69. The Morgan fingerprint density at radius 3 is 2.86 bits per heavy atom. The van der Waals surface area contributed by atoms with E-state index in [0.29, 0.717) is 5.75 Å². The van der Waals surface area contributed by atoms with E-state index in [4.69, 9.17) is 4.74 Å². The van der Waals surface area contributed by atoms with Crippen molar-refractivity contribution in [3.8, 4) is 5.75 Å². The predicted octanol–water partition coefficient (Wildman–Crippen LogP) is 2.12. The lowest BCUT2D eigenvalue weighted by Gasteiger charge is -2.06. The maximum Gasteiger partial charge on any atom is 0.251 e. The van der Waals surface area contributed by atoms with E-state index in [-0.39, 0.29) is 5.56 Å². The molecular formula is C11H15NO2. The number of aryl methyl sites for hydroxylation is 1. The molecule has 1 rings (SSSR count). The maximum atomic E-state index is 11.1. The van der Waals surface area contributed by atoms with Crippen LogP contribution in [-0.4, -0.2) is 12.1 Å². The first-order valence-corrected chi connectivity index (χ1v) is 4.63. The number of hydrogen-bond acceptors (Lipinski definition) is 2. The molecule has 1 aromatic heterocycles. The zero-order valence-corrected chi connectivity index (χ0v) is 8.76. The average Bonchev–Trinajstić information content (AvgIpc) is 2.15. The fourth-order valence-electron chi connectivity index (χ4n) is 1.28. The molecule has 0 aliphatic carbocycles. The Morgan fingerprint density at radius 2 is 2.29 bits per heavy atom. The molecule has 0 fully saturated rings. The molecule has 0 aliphatic rings. The minimum atomic E-state index is -0.131. The molecule has 0 saturated heterocycles. The number of methoxy groups -OCH3 is 1. The van der Waals surface area contributed by atoms with E-state index in [9.17, 15) is 4.79 Å². The van der Waals surface area contributed by atoms with Crippen LogP contribution in [0.3, 0.4) is 0 Å². The SMILES string of the molecule is CC/C=C/c1c(OC)cc(=O)[nH]c1C. The number of H-pyrrole nitrogens is 1. The van der Waals surface area contributed by atoms with Gasteiger partial charge in [-0.1, -0.05) is 19.1 Å². The Morgan fingerprint density at radius 1 is 1.57 bits per heavy atom. The van der Waals surface area contributed by atoms with Crippen LogP contribution in [0.4, 0.5) is 0 Å². The lowest BCUT2D eigenvalue weighted by Crippen LogP contribution is -2.08. The molecule has 0 atom stereocenters. The summed E-state index contributed by atoms with van der Waals surface area (Å²) in [5, 5.41) is 0. The van der Waals surface area contributed by atoms with E-state index in [2.05, 4.69) is 11.9 Å². The van der Waals surface area contributed by atoms with Gasteiger partial charge in [-0.15, -0.1) is 0 Å². The fraction of sp³-hybridized carbons (Fsp3) is 0.364. The van der Waals surface area contributed by atoms with Crippen molar-refractivity contribution < 1.29 is 4.74 Å². The molecule has 1 N–H and O–H groups in total. The molecule has 0 radical (unpaired) electrons. The van der Waals surface area contributed by atoms with Crippen molar-refractivity contribution in [2.24, 2.45) is 0 Å². The lowest BCUT2D eigenvalue weighted by atomic mass is 10.1. The van der Waals surface area contributed by atoms with Crippen LogP contribution in [0.5, 0.6) is 5.75 Å². The number of aromatic nitrogens is 1. The third-order valence-electron chi connectivity index (χ3n) is 1.98. The standard InChI is InChI=1S/C11H15NO2/c1-4-5-6-9-8(2)12-11(13)7-10(9)14-3/h5-7H,4H2,1-3H3,(H,12,13)/b6-5+. The van der Waals surface area contributed by atoms with Crippen molar-refractivity contribution >= 4 is 6.08 Å². The largest absolute Gasteiger partial charge is 0.496 e. The highest BCUT2D eigenvalue weighted by molar-refractivity contribution is 5.58. The van der Waals surface area contributed by atoms with Crippen LogP contribution < -0.4 is 10.3 Å². The number of rotatable bonds is 3. The van der Waals surface area contributed by atoms with Gasteiger partial charge in [-0.3, -0.25) is 4.79 Å². The molecule has 0 spiro atoms. The number of nitrogens with one attached hydrogen (secondary N) is 1. The summed E-state index contributed by atoms with van der Waals surface area (Å²) >= 11 is 0. The molecule has 1 aromatic rings. The molecule has 0 unspecified atom stereocenters. The van der Waals surface area contributed by atoms with E-state index >= 15 is 0 Å². The summed E-state index contributed by atoms with van der Waals surface area (Å²) in [6.45, 7) is 3.92. The zero-order valence-electron chi connectivity index (χ0n) is 8.76. The van der Waals surface area contributed by atoms with Crippen LogP contribution in [-0.2, 0) is 0 Å². The van der Waals surface area contributed by atoms with Gasteiger partial charge in [-0.2, -0.15) is 0 Å². The highest BCUT2D eigenvalue weighted by Crippen LogP contribution is 2.19. The Balaban J connectivity index is 3.25. The first-order valence-electron chi connectivity index (χ1n) is 4.63. The highest BCUT2D eigenvalue weighted by Gasteiger charge is 2.04. The summed E-state index contributed by atoms with van der Waals surface area (Å²) in [5.74, 6) is 0.621. The topological polar surface area (TPSA) is 42.1 Å². The van der Waals surface area contributed by atoms with Crippen LogP contribution in [0.1, 0.15) is 24.6 Å². The van der Waals surface area contributed by atoms with Gasteiger partial charge in [0.1, 0.15) is 5.75 Å². The molecular weight excluding hydrogens is 178 g/mol. The predicted molar refractivity (Wildman–Crippen MR) is 57.7 cm³/mol. The molecule has 0 bridgehead atoms. The third kappa shape index (κ3) is 2.25. The summed E-state index contributed by atoms with van der Waals surface area (Å²) in [4.78, 5) is 13.9. The van der Waals surface area contributed by atoms with Gasteiger partial charge in [-0.05, 0) is 13.3 Å². The van der Waals surface area contributed by atoms with E-state index in [1.54, 1.807) is 7.11 Å². The van der Waals surface area contributed by atoms with Crippen molar-refractivity contribution in [1.82, 2.24) is 4.98 Å². The smallest absolute Gasteiger partial charge is 0.251 e. The highest BCUT2D eigenvalue weighted by atomic mass is 16.5. The Labute approximate surface area is 83.4 Å². The van der Waals surface area contributed by atoms with Gasteiger partial charge < -0.3 is 9.72 Å². The number of hydrogen-bond donors (Lipinski definition) is 1. The molecule has 0 amide bonds. The van der Waals surface area contributed by atoms with Crippen molar-refractivity contribution in [2.75, 3.05) is 7.11 Å². The van der Waals surface area contributed by atoms with Crippen molar-refractivity contribution in [3.05, 3.63) is 33.8 Å². The van der Waals surface area contributed by atoms with Crippen LogP contribution in [0.25, 0.3) is 6.08 Å². The quantitative estimate of drug-likeness (QED) is 0.798. The molecule has 1 heterocycles. The molecule has 3 nitrogen and oxygen atoms in total. The van der Waals surface area contributed by atoms with Crippen LogP contribution >= 0.6 is 0 Å². The van der Waals surface area contributed by atoms with Gasteiger partial charge in [0.05, 0.1) is 7.11 Å². The normalized spacial score (nSPS) is 10.8. The summed E-state index contributed by atoms with van der Waals surface area (Å²) in [7, 11) is 1.57. The lowest BCUT2D eigenvalue weighted by molar-refractivity contribution is 0.412. The average molecular weight is 193 g/mol. The zero-order chi connectivity index (χ0) is 10.6. The summed E-state index contributed by atoms with van der Waals surface area (Å²) in [6.07, 6.45) is 4.95. The second-order valence-electron chi connectivity index (χ2n) is 3.05. The molecule has 76 valence electrons. The van der Waals surface area contributed by atoms with Crippen molar-refractivity contribution in [1.29, 1.82) is 0 Å². The maximum absolute atomic E-state index is 11.1. The third-order valence-corrected chi connectivity index (χ3v) is 1.98. The molecule has 14 heavy (non-hydrogen) atoms. The van der Waals surface area contributed by atoms with Crippen molar-refractivity contribution in [3.63, 3.8) is 0 Å². The van der Waals surface area contributed by atoms with Gasteiger partial charge in [-0.25, -0.2) is 0 Å². The Hall–Kier alpha value is -1.51. The van der Waals surface area contributed by atoms with Crippen molar-refractivity contribution in [2.45, 2.75) is 20.3 Å². The molecule has 0 aromatic carbocycles. The molecule has 0 aliphatic heterocycles. The minimum absolute atomic E-state index is 0.131. The van der Waals surface area contributed by atoms with Gasteiger partial charge in [0, 0.05) is 17.3 Å². The Kier molecular flexibility index (Phi) is 3.51. The monoisotopic (exact) mass is 193 g/mol. The summed E-state index contributed by atoms with van der Waals surface area (Å²) in [5.41, 5.74) is 1.64. The molecule has 3 heteroatoms. The van der Waals surface area contributed by atoms with Gasteiger partial charge in [0.25, 0.3) is 5.56 Å². The first kappa shape index (κ1) is 10.6. The van der Waals surface area contributed by atoms with E-state index in [1.165, 1.54) is 6.07 Å². The second kappa shape index (κ2) is 4.65. The van der Waals surface area contributed by atoms with E-state index in [1.807, 2.05) is 19.1 Å². The number of allylic oxidation sites excluding steroid dienone is 1. The van der Waals surface area contributed by atoms with Gasteiger partial charge in [0.15, 0.2) is 0 Å². The Bertz CT molecular complexity index is 391. The van der Waals surface area contributed by atoms with E-state index in [0.717, 1.165) is 17.7 Å². The van der Waals surface area contributed by atoms with Gasteiger partial charge in [0.2, 0.25) is 0 Å². The van der Waals surface area contributed by atoms with Crippen LogP contribution in [0, 0.1) is 6.92 Å². The van der Waals surface area contributed by atoms with Gasteiger partial charge >= 0.3 is 0 Å². The van der Waals surface area contributed by atoms with Crippen LogP contribution in [0.15, 0.2) is 16.9 Å². The second-order valence-corrected chi connectivity index (χ2v) is 3.05. The number of ether oxygens (including phenoxy) is 1.